The van der Waals surface area contributed by atoms with Gasteiger partial charge in [-0.1, -0.05) is 32.0 Å². The fourth-order valence-electron chi connectivity index (χ4n) is 1.54. The number of alkyl halides is 3. The summed E-state index contributed by atoms with van der Waals surface area (Å²) in [4.78, 5) is 0. The molecule has 0 atom stereocenters. The maximum absolute atomic E-state index is 12.7. The van der Waals surface area contributed by atoms with E-state index < -0.39 is 11.7 Å². The number of hydrogen-bond acceptors (Lipinski definition) is 2. The number of nitrogens with one attached hydrogen (secondary N) is 1. The molecule has 0 radical (unpaired) electrons. The van der Waals surface area contributed by atoms with Gasteiger partial charge in [0.25, 0.3) is 0 Å². The first kappa shape index (κ1) is 15.0. The second-order valence-corrected chi connectivity index (χ2v) is 5.08. The van der Waals surface area contributed by atoms with E-state index in [1.54, 1.807) is 6.07 Å². The Morgan fingerprint density at radius 3 is 2.33 bits per heavy atom. The molecule has 18 heavy (non-hydrogen) atoms. The lowest BCUT2D eigenvalue weighted by Gasteiger charge is -2.22. The van der Waals surface area contributed by atoms with Crippen LogP contribution in [0.2, 0.25) is 0 Å². The molecule has 0 spiro atoms. The fourth-order valence-corrected chi connectivity index (χ4v) is 1.54. The van der Waals surface area contributed by atoms with Crippen LogP contribution in [0.4, 0.5) is 13.2 Å². The predicted octanol–water partition coefficient (Wildman–Crippen LogP) is 2.81. The number of halogens is 3. The molecule has 0 bridgehead atoms. The highest BCUT2D eigenvalue weighted by Crippen LogP contribution is 2.31. The van der Waals surface area contributed by atoms with Gasteiger partial charge in [0.2, 0.25) is 0 Å². The van der Waals surface area contributed by atoms with Crippen LogP contribution in [0.3, 0.4) is 0 Å². The zero-order valence-electron chi connectivity index (χ0n) is 10.5. The minimum absolute atomic E-state index is 0.0130. The van der Waals surface area contributed by atoms with Gasteiger partial charge < -0.3 is 10.4 Å². The summed E-state index contributed by atoms with van der Waals surface area (Å²) in [5.74, 6) is 0. The van der Waals surface area contributed by atoms with Gasteiger partial charge >= 0.3 is 6.18 Å². The Balaban J connectivity index is 2.69. The number of hydrogen-bond donors (Lipinski definition) is 2. The van der Waals surface area contributed by atoms with Crippen molar-refractivity contribution in [2.45, 2.75) is 26.6 Å². The Morgan fingerprint density at radius 1 is 1.17 bits per heavy atom. The Morgan fingerprint density at radius 2 is 1.78 bits per heavy atom. The van der Waals surface area contributed by atoms with E-state index in [2.05, 4.69) is 5.32 Å². The van der Waals surface area contributed by atoms with Gasteiger partial charge in [-0.3, -0.25) is 0 Å². The first-order valence-corrected chi connectivity index (χ1v) is 5.73. The SMILES string of the molecule is CC(C)(CO)CNCc1ccccc1C(F)(F)F. The second kappa shape index (κ2) is 5.71. The van der Waals surface area contributed by atoms with Crippen LogP contribution in [-0.4, -0.2) is 18.3 Å². The molecule has 0 aliphatic heterocycles. The van der Waals surface area contributed by atoms with Crippen molar-refractivity contribution < 1.29 is 18.3 Å². The monoisotopic (exact) mass is 261 g/mol. The summed E-state index contributed by atoms with van der Waals surface area (Å²) in [6.45, 7) is 4.26. The molecule has 0 saturated carbocycles. The highest BCUT2D eigenvalue weighted by molar-refractivity contribution is 5.29. The number of aliphatic hydroxyl groups excluding tert-OH is 1. The lowest BCUT2D eigenvalue weighted by molar-refractivity contribution is -0.138. The van der Waals surface area contributed by atoms with Gasteiger partial charge in [-0.15, -0.1) is 0 Å². The molecule has 0 fully saturated rings. The first-order valence-electron chi connectivity index (χ1n) is 5.73. The quantitative estimate of drug-likeness (QED) is 0.854. The van der Waals surface area contributed by atoms with Crippen LogP contribution in [0, 0.1) is 5.41 Å². The van der Waals surface area contributed by atoms with Gasteiger partial charge in [-0.05, 0) is 11.6 Å². The summed E-state index contributed by atoms with van der Waals surface area (Å²) < 4.78 is 38.1. The number of aliphatic hydroxyl groups is 1. The van der Waals surface area contributed by atoms with Crippen molar-refractivity contribution in [2.75, 3.05) is 13.2 Å². The molecule has 102 valence electrons. The van der Waals surface area contributed by atoms with Crippen molar-refractivity contribution in [1.82, 2.24) is 5.32 Å². The smallest absolute Gasteiger partial charge is 0.396 e. The lowest BCUT2D eigenvalue weighted by atomic mass is 9.95. The first-order chi connectivity index (χ1) is 8.26. The molecule has 2 N–H and O–H groups in total. The van der Waals surface area contributed by atoms with E-state index in [-0.39, 0.29) is 24.1 Å². The van der Waals surface area contributed by atoms with Crippen molar-refractivity contribution in [1.29, 1.82) is 0 Å². The van der Waals surface area contributed by atoms with E-state index in [0.717, 1.165) is 6.07 Å². The van der Waals surface area contributed by atoms with Crippen molar-refractivity contribution in [3.8, 4) is 0 Å². The zero-order chi connectivity index (χ0) is 13.8. The summed E-state index contributed by atoms with van der Waals surface area (Å²) in [7, 11) is 0. The molecule has 0 aliphatic carbocycles. The van der Waals surface area contributed by atoms with Gasteiger partial charge in [-0.2, -0.15) is 13.2 Å². The highest BCUT2D eigenvalue weighted by atomic mass is 19.4. The van der Waals surface area contributed by atoms with Gasteiger partial charge in [0.05, 0.1) is 5.56 Å². The maximum atomic E-state index is 12.7. The molecule has 1 rings (SSSR count). The van der Waals surface area contributed by atoms with Crippen molar-refractivity contribution in [3.63, 3.8) is 0 Å². The average Bonchev–Trinajstić information content (AvgIpc) is 2.28. The molecule has 2 nitrogen and oxygen atoms in total. The number of benzene rings is 1. The van der Waals surface area contributed by atoms with E-state index >= 15 is 0 Å². The van der Waals surface area contributed by atoms with Crippen LogP contribution in [0.1, 0.15) is 25.0 Å². The van der Waals surface area contributed by atoms with Crippen LogP contribution < -0.4 is 5.32 Å². The van der Waals surface area contributed by atoms with Crippen LogP contribution in [0.5, 0.6) is 0 Å². The Kier molecular flexibility index (Phi) is 4.76. The second-order valence-electron chi connectivity index (χ2n) is 5.08. The highest BCUT2D eigenvalue weighted by Gasteiger charge is 2.32. The third-order valence-corrected chi connectivity index (χ3v) is 2.67. The zero-order valence-corrected chi connectivity index (χ0v) is 10.5. The predicted molar refractivity (Wildman–Crippen MR) is 64.0 cm³/mol. The van der Waals surface area contributed by atoms with Crippen LogP contribution in [-0.2, 0) is 12.7 Å². The van der Waals surface area contributed by atoms with E-state index in [4.69, 9.17) is 5.11 Å². The van der Waals surface area contributed by atoms with Crippen molar-refractivity contribution in [3.05, 3.63) is 35.4 Å². The molecule has 0 heterocycles. The molecule has 1 aromatic carbocycles. The Hall–Kier alpha value is -1.07. The van der Waals surface area contributed by atoms with Gasteiger partial charge in [-0.25, -0.2) is 0 Å². The summed E-state index contributed by atoms with van der Waals surface area (Å²) >= 11 is 0. The molecular formula is C13H18F3NO. The average molecular weight is 261 g/mol. The molecule has 5 heteroatoms. The fraction of sp³-hybridized carbons (Fsp3) is 0.538. The van der Waals surface area contributed by atoms with Gasteiger partial charge in [0.1, 0.15) is 0 Å². The molecule has 0 aliphatic rings. The summed E-state index contributed by atoms with van der Waals surface area (Å²) in [5.41, 5.74) is -0.731. The topological polar surface area (TPSA) is 32.3 Å². The summed E-state index contributed by atoms with van der Waals surface area (Å²) in [5, 5.41) is 12.0. The number of rotatable bonds is 5. The minimum atomic E-state index is -4.33. The standard InChI is InChI=1S/C13H18F3NO/c1-12(2,9-18)8-17-7-10-5-3-4-6-11(10)13(14,15)16/h3-6,17-18H,7-9H2,1-2H3. The van der Waals surface area contributed by atoms with Crippen molar-refractivity contribution >= 4 is 0 Å². The van der Waals surface area contributed by atoms with Crippen LogP contribution in [0.15, 0.2) is 24.3 Å². The molecule has 0 aromatic heterocycles. The molecular weight excluding hydrogens is 243 g/mol. The molecule has 0 saturated heterocycles. The normalized spacial score (nSPS) is 12.8. The van der Waals surface area contributed by atoms with Crippen LogP contribution in [0.25, 0.3) is 0 Å². The van der Waals surface area contributed by atoms with E-state index in [9.17, 15) is 13.2 Å². The third kappa shape index (κ3) is 4.31. The molecule has 1 aromatic rings. The summed E-state index contributed by atoms with van der Waals surface area (Å²) in [6, 6.07) is 5.50. The van der Waals surface area contributed by atoms with E-state index in [1.807, 2.05) is 13.8 Å². The van der Waals surface area contributed by atoms with E-state index in [0.29, 0.717) is 6.54 Å². The van der Waals surface area contributed by atoms with Gasteiger partial charge in [0, 0.05) is 25.1 Å². The molecule has 0 unspecified atom stereocenters. The lowest BCUT2D eigenvalue weighted by Crippen LogP contribution is -2.32. The third-order valence-electron chi connectivity index (χ3n) is 2.67. The Labute approximate surface area is 105 Å². The van der Waals surface area contributed by atoms with E-state index in [1.165, 1.54) is 12.1 Å². The maximum Gasteiger partial charge on any atom is 0.416 e. The minimum Gasteiger partial charge on any atom is -0.396 e. The largest absolute Gasteiger partial charge is 0.416 e. The van der Waals surface area contributed by atoms with Crippen LogP contribution >= 0.6 is 0 Å². The van der Waals surface area contributed by atoms with Gasteiger partial charge in [0.15, 0.2) is 0 Å². The van der Waals surface area contributed by atoms with Crippen molar-refractivity contribution in [2.24, 2.45) is 5.41 Å². The summed E-state index contributed by atoms with van der Waals surface area (Å²) in [6.07, 6.45) is -4.33. The molecule has 0 amide bonds. The Bertz CT molecular complexity index is 388.